The van der Waals surface area contributed by atoms with Gasteiger partial charge in [-0.1, -0.05) is 123 Å². The zero-order valence-electron chi connectivity index (χ0n) is 29.8. The second kappa shape index (κ2) is 16.6. The number of phenols is 1. The fraction of sp³-hybridized carbons (Fsp3) is 0.381. The summed E-state index contributed by atoms with van der Waals surface area (Å²) in [6, 6.07) is 38.1. The van der Waals surface area contributed by atoms with Gasteiger partial charge in [-0.2, -0.15) is 0 Å². The van der Waals surface area contributed by atoms with Crippen LogP contribution in [0.2, 0.25) is 0 Å². The highest BCUT2D eigenvalue weighted by Gasteiger charge is 2.45. The first kappa shape index (κ1) is 37.0. The number of carbonyl (C=O) groups is 2. The van der Waals surface area contributed by atoms with Gasteiger partial charge in [-0.05, 0) is 67.5 Å². The van der Waals surface area contributed by atoms with E-state index in [9.17, 15) is 14.7 Å². The molecule has 2 amide bonds. The molecule has 1 saturated heterocycles. The Labute approximate surface area is 301 Å². The molecule has 50 heavy (non-hydrogen) atoms. The summed E-state index contributed by atoms with van der Waals surface area (Å²) in [4.78, 5) is 29.3. The van der Waals surface area contributed by atoms with Crippen molar-refractivity contribution >= 4 is 23.8 Å². The number of phenolic OH excluding ortho intramolecular Hbond substituents is 1. The van der Waals surface area contributed by atoms with E-state index in [-0.39, 0.29) is 35.0 Å². The first-order chi connectivity index (χ1) is 24.0. The van der Waals surface area contributed by atoms with E-state index in [2.05, 4.69) is 97.3 Å². The van der Waals surface area contributed by atoms with Crippen molar-refractivity contribution in [1.29, 1.82) is 0 Å². The zero-order valence-corrected chi connectivity index (χ0v) is 30.7. The molecule has 264 valence electrons. The van der Waals surface area contributed by atoms with E-state index >= 15 is 0 Å². The van der Waals surface area contributed by atoms with Crippen LogP contribution in [-0.2, 0) is 20.8 Å². The highest BCUT2D eigenvalue weighted by molar-refractivity contribution is 8.01. The Morgan fingerprint density at radius 1 is 0.880 bits per heavy atom. The number of hydrogen-bond acceptors (Lipinski definition) is 6. The summed E-state index contributed by atoms with van der Waals surface area (Å²) in [6.45, 7) is 11.1. The summed E-state index contributed by atoms with van der Waals surface area (Å²) in [5, 5.41) is 16.6. The lowest BCUT2D eigenvalue weighted by Gasteiger charge is -2.37. The van der Waals surface area contributed by atoms with Gasteiger partial charge in [-0.25, -0.2) is 4.79 Å². The second-order valence-electron chi connectivity index (χ2n) is 14.2. The third-order valence-electron chi connectivity index (χ3n) is 9.33. The molecule has 1 heterocycles. The van der Waals surface area contributed by atoms with Gasteiger partial charge in [0.1, 0.15) is 11.4 Å². The Morgan fingerprint density at radius 2 is 1.44 bits per heavy atom. The predicted octanol–water partition coefficient (Wildman–Crippen LogP) is 8.12. The molecule has 1 aliphatic heterocycles. The van der Waals surface area contributed by atoms with Gasteiger partial charge < -0.3 is 25.4 Å². The molecule has 0 bridgehead atoms. The maximum Gasteiger partial charge on any atom is 0.410 e. The highest BCUT2D eigenvalue weighted by Crippen LogP contribution is 2.52. The van der Waals surface area contributed by atoms with Gasteiger partial charge >= 0.3 is 6.09 Å². The SMILES string of the molecule is CCC(C)[C@H](NCC1CC(SC(c2ccccc2)(c2ccccc2)c2ccccc2)CN1C(=O)OC(C)(C)C)C(=O)NCc1cccc(O)c1. The summed E-state index contributed by atoms with van der Waals surface area (Å²) in [5.74, 6) is 0.120. The molecule has 5 rings (SSSR count). The van der Waals surface area contributed by atoms with Crippen molar-refractivity contribution in [1.82, 2.24) is 15.5 Å². The molecule has 4 aromatic rings. The number of rotatable bonds is 13. The number of likely N-dealkylation sites (tertiary alicyclic amines) is 1. The lowest BCUT2D eigenvalue weighted by molar-refractivity contribution is -0.124. The highest BCUT2D eigenvalue weighted by atomic mass is 32.2. The largest absolute Gasteiger partial charge is 0.508 e. The zero-order chi connectivity index (χ0) is 35.7. The standard InChI is InChI=1S/C42H51N3O4S/c1-6-30(2)38(39(47)44-27-31-17-16-24-36(46)25-31)43-28-35-26-37(29-45(35)40(48)49-41(3,4)5)50-42(32-18-10-7-11-19-32,33-20-12-8-13-21-33)34-22-14-9-15-23-34/h7-25,30,35,37-38,43,46H,6,26-29H2,1-5H3,(H,44,47)/t30?,35?,37?,38-/m0/s1. The Morgan fingerprint density at radius 3 is 1.94 bits per heavy atom. The summed E-state index contributed by atoms with van der Waals surface area (Å²) in [7, 11) is 0. The third kappa shape index (κ3) is 9.09. The van der Waals surface area contributed by atoms with Crippen LogP contribution in [0.15, 0.2) is 115 Å². The van der Waals surface area contributed by atoms with E-state index < -0.39 is 16.4 Å². The van der Waals surface area contributed by atoms with E-state index in [0.717, 1.165) is 18.4 Å². The van der Waals surface area contributed by atoms with Crippen LogP contribution in [-0.4, -0.2) is 58.0 Å². The Kier molecular flexibility index (Phi) is 12.3. The molecule has 1 fully saturated rings. The van der Waals surface area contributed by atoms with Crippen molar-refractivity contribution < 1.29 is 19.4 Å². The molecular formula is C42H51N3O4S. The molecule has 0 aliphatic carbocycles. The molecule has 3 unspecified atom stereocenters. The molecule has 7 nitrogen and oxygen atoms in total. The molecule has 4 aromatic carbocycles. The smallest absolute Gasteiger partial charge is 0.410 e. The molecule has 4 atom stereocenters. The predicted molar refractivity (Wildman–Crippen MR) is 203 cm³/mol. The van der Waals surface area contributed by atoms with Crippen LogP contribution in [0.5, 0.6) is 5.75 Å². The van der Waals surface area contributed by atoms with E-state index in [0.29, 0.717) is 19.6 Å². The van der Waals surface area contributed by atoms with Gasteiger partial charge in [0.2, 0.25) is 5.91 Å². The van der Waals surface area contributed by atoms with E-state index in [1.807, 2.05) is 61.7 Å². The molecule has 0 aromatic heterocycles. The number of benzene rings is 4. The van der Waals surface area contributed by atoms with Crippen molar-refractivity contribution in [3.63, 3.8) is 0 Å². The molecule has 1 aliphatic rings. The minimum atomic E-state index is -0.646. The van der Waals surface area contributed by atoms with Gasteiger partial charge in [0, 0.05) is 30.9 Å². The van der Waals surface area contributed by atoms with Crippen LogP contribution >= 0.6 is 11.8 Å². The normalized spacial score (nSPS) is 17.6. The topological polar surface area (TPSA) is 90.9 Å². The minimum absolute atomic E-state index is 0.0580. The fourth-order valence-electron chi connectivity index (χ4n) is 6.69. The number of hydrogen-bond donors (Lipinski definition) is 3. The Balaban J connectivity index is 1.43. The average Bonchev–Trinajstić information content (AvgIpc) is 3.52. The molecular weight excluding hydrogens is 643 g/mol. The number of ether oxygens (including phenoxy) is 1. The number of thioether (sulfide) groups is 1. The van der Waals surface area contributed by atoms with Crippen LogP contribution in [0, 0.1) is 5.92 Å². The number of nitrogens with one attached hydrogen (secondary N) is 2. The lowest BCUT2D eigenvalue weighted by atomic mass is 9.84. The van der Waals surface area contributed by atoms with Crippen LogP contribution in [0.25, 0.3) is 0 Å². The molecule has 0 saturated carbocycles. The first-order valence-corrected chi connectivity index (χ1v) is 18.5. The Hall–Kier alpha value is -4.27. The summed E-state index contributed by atoms with van der Waals surface area (Å²) < 4.78 is 5.43. The third-order valence-corrected chi connectivity index (χ3v) is 11.1. The van der Waals surface area contributed by atoms with Gasteiger partial charge in [-0.3, -0.25) is 4.79 Å². The second-order valence-corrected chi connectivity index (χ2v) is 15.7. The minimum Gasteiger partial charge on any atom is -0.508 e. The Bertz CT molecular complexity index is 1580. The molecule has 0 radical (unpaired) electrons. The van der Waals surface area contributed by atoms with Crippen LogP contribution < -0.4 is 10.6 Å². The number of carbonyl (C=O) groups excluding carboxylic acids is 2. The summed E-state index contributed by atoms with van der Waals surface area (Å²) >= 11 is 1.88. The van der Waals surface area contributed by atoms with Crippen LogP contribution in [0.1, 0.15) is 69.7 Å². The van der Waals surface area contributed by atoms with E-state index in [1.54, 1.807) is 18.2 Å². The lowest BCUT2D eigenvalue weighted by Crippen LogP contribution is -2.52. The summed E-state index contributed by atoms with van der Waals surface area (Å²) in [6.07, 6.45) is 1.19. The first-order valence-electron chi connectivity index (χ1n) is 17.6. The molecule has 3 N–H and O–H groups in total. The van der Waals surface area contributed by atoms with Gasteiger partial charge in [0.15, 0.2) is 0 Å². The maximum absolute atomic E-state index is 13.8. The van der Waals surface area contributed by atoms with Crippen LogP contribution in [0.4, 0.5) is 4.79 Å². The van der Waals surface area contributed by atoms with Crippen LogP contribution in [0.3, 0.4) is 0 Å². The number of amides is 2. The molecule has 0 spiro atoms. The summed E-state index contributed by atoms with van der Waals surface area (Å²) in [5.41, 5.74) is 3.70. The number of aromatic hydroxyl groups is 1. The maximum atomic E-state index is 13.8. The van der Waals surface area contributed by atoms with Gasteiger partial charge in [-0.15, -0.1) is 11.8 Å². The fourth-order valence-corrected chi connectivity index (χ4v) is 8.56. The van der Waals surface area contributed by atoms with Crippen molar-refractivity contribution in [2.45, 2.75) is 81.7 Å². The molecule has 8 heteroatoms. The van der Waals surface area contributed by atoms with Crippen molar-refractivity contribution in [3.8, 4) is 5.75 Å². The monoisotopic (exact) mass is 693 g/mol. The van der Waals surface area contributed by atoms with Crippen molar-refractivity contribution in [2.24, 2.45) is 5.92 Å². The van der Waals surface area contributed by atoms with Gasteiger partial charge in [0.25, 0.3) is 0 Å². The number of nitrogens with zero attached hydrogens (tertiary/aromatic N) is 1. The van der Waals surface area contributed by atoms with Crippen molar-refractivity contribution in [2.75, 3.05) is 13.1 Å². The van der Waals surface area contributed by atoms with Gasteiger partial charge in [0.05, 0.1) is 10.8 Å². The quantitative estimate of drug-likeness (QED) is 0.123. The van der Waals surface area contributed by atoms with E-state index in [1.165, 1.54) is 16.7 Å². The van der Waals surface area contributed by atoms with E-state index in [4.69, 9.17) is 4.74 Å². The van der Waals surface area contributed by atoms with Crippen molar-refractivity contribution in [3.05, 3.63) is 138 Å². The average molecular weight is 694 g/mol.